The number of rotatable bonds is 8. The van der Waals surface area contributed by atoms with Gasteiger partial charge in [0.25, 0.3) is 5.91 Å². The van der Waals surface area contributed by atoms with Crippen molar-refractivity contribution in [3.63, 3.8) is 0 Å². The molecule has 0 atom stereocenters. The Bertz CT molecular complexity index is 917. The van der Waals surface area contributed by atoms with Crippen molar-refractivity contribution in [2.24, 2.45) is 0 Å². The van der Waals surface area contributed by atoms with Gasteiger partial charge >= 0.3 is 0 Å². The summed E-state index contributed by atoms with van der Waals surface area (Å²) >= 11 is 8.25. The molecular weight excluding hydrogens is 388 g/mol. The number of hydrogen-bond donors (Lipinski definition) is 2. The van der Waals surface area contributed by atoms with Crippen molar-refractivity contribution >= 4 is 55.5 Å². The molecule has 0 saturated heterocycles. The van der Waals surface area contributed by atoms with Crippen LogP contribution in [0.1, 0.15) is 36.3 Å². The molecule has 26 heavy (non-hydrogen) atoms. The van der Waals surface area contributed by atoms with E-state index >= 15 is 0 Å². The normalized spacial score (nSPS) is 11.2. The number of thiophene rings is 1. The van der Waals surface area contributed by atoms with E-state index in [9.17, 15) is 4.79 Å². The smallest absolute Gasteiger partial charge is 0.261 e. The van der Waals surface area contributed by atoms with Crippen LogP contribution in [0, 0.1) is 4.77 Å². The number of carbonyl (C=O) groups excluding carboxylic acids is 1. The van der Waals surface area contributed by atoms with E-state index in [0.29, 0.717) is 22.6 Å². The molecule has 10 heteroatoms. The Labute approximate surface area is 165 Å². The lowest BCUT2D eigenvalue weighted by molar-refractivity contribution is 0.0958. The first-order chi connectivity index (χ1) is 12.6. The van der Waals surface area contributed by atoms with Crippen LogP contribution in [0.3, 0.4) is 0 Å². The quantitative estimate of drug-likeness (QED) is 0.556. The predicted molar refractivity (Wildman–Crippen MR) is 110 cm³/mol. The largest absolute Gasteiger partial charge is 0.351 e. The molecule has 0 fully saturated rings. The summed E-state index contributed by atoms with van der Waals surface area (Å²) in [5.41, 5.74) is 0. The van der Waals surface area contributed by atoms with Crippen molar-refractivity contribution in [2.45, 2.75) is 33.7 Å². The van der Waals surface area contributed by atoms with Crippen molar-refractivity contribution in [3.8, 4) is 0 Å². The zero-order chi connectivity index (χ0) is 18.7. The zero-order valence-corrected chi connectivity index (χ0v) is 17.5. The van der Waals surface area contributed by atoms with Crippen molar-refractivity contribution in [3.05, 3.63) is 21.5 Å². The van der Waals surface area contributed by atoms with Gasteiger partial charge in [-0.2, -0.15) is 5.10 Å². The molecule has 0 spiro atoms. The molecule has 0 aliphatic rings. The van der Waals surface area contributed by atoms with Gasteiger partial charge in [0.15, 0.2) is 9.90 Å². The van der Waals surface area contributed by atoms with E-state index in [4.69, 9.17) is 12.2 Å². The molecule has 140 valence electrons. The lowest BCUT2D eigenvalue weighted by Gasteiger charge is -2.16. The summed E-state index contributed by atoms with van der Waals surface area (Å²) in [6, 6.07) is 1.93. The van der Waals surface area contributed by atoms with Crippen LogP contribution >= 0.6 is 34.9 Å². The highest BCUT2D eigenvalue weighted by atomic mass is 32.1. The van der Waals surface area contributed by atoms with Gasteiger partial charge in [-0.05, 0) is 39.1 Å². The molecule has 0 aliphatic heterocycles. The first-order valence-electron chi connectivity index (χ1n) is 8.64. The zero-order valence-electron chi connectivity index (χ0n) is 15.0. The van der Waals surface area contributed by atoms with E-state index in [0.717, 1.165) is 40.1 Å². The molecule has 0 radical (unpaired) electrons. The summed E-state index contributed by atoms with van der Waals surface area (Å²) in [5, 5.41) is 11.0. The van der Waals surface area contributed by atoms with Crippen LogP contribution in [0.25, 0.3) is 9.53 Å². The van der Waals surface area contributed by atoms with Gasteiger partial charge < -0.3 is 14.8 Å². The molecule has 3 aromatic rings. The SMILES string of the molecule is CCN(CC)c1nc2sc(C(=O)NCCc3n[nH]c(=S)n3CC)cc2s1. The van der Waals surface area contributed by atoms with Gasteiger partial charge in [0.2, 0.25) is 0 Å². The van der Waals surface area contributed by atoms with Gasteiger partial charge in [-0.15, -0.1) is 11.3 Å². The number of carbonyl (C=O) groups is 1. The maximum atomic E-state index is 12.4. The second-order valence-corrected chi connectivity index (χ2v) is 8.07. The van der Waals surface area contributed by atoms with Crippen molar-refractivity contribution < 1.29 is 4.79 Å². The predicted octanol–water partition coefficient (Wildman–Crippen LogP) is 3.45. The molecule has 3 heterocycles. The van der Waals surface area contributed by atoms with Crippen LogP contribution in [-0.4, -0.2) is 45.3 Å². The second-order valence-electron chi connectivity index (χ2n) is 5.64. The third-order valence-electron chi connectivity index (χ3n) is 4.12. The summed E-state index contributed by atoms with van der Waals surface area (Å²) < 4.78 is 3.61. The average Bonchev–Trinajstić information content (AvgIpc) is 3.29. The molecule has 0 aliphatic carbocycles. The van der Waals surface area contributed by atoms with Crippen molar-refractivity contribution in [2.75, 3.05) is 24.5 Å². The Morgan fingerprint density at radius 2 is 2.12 bits per heavy atom. The number of hydrogen-bond acceptors (Lipinski definition) is 7. The number of nitrogens with one attached hydrogen (secondary N) is 2. The Morgan fingerprint density at radius 3 is 2.77 bits per heavy atom. The molecular formula is C16H22N6OS3. The first kappa shape index (κ1) is 19.0. The van der Waals surface area contributed by atoms with Crippen LogP contribution in [0.5, 0.6) is 0 Å². The van der Waals surface area contributed by atoms with Crippen LogP contribution in [0.4, 0.5) is 5.13 Å². The van der Waals surface area contributed by atoms with E-state index in [1.165, 1.54) is 11.3 Å². The van der Waals surface area contributed by atoms with Crippen molar-refractivity contribution in [1.29, 1.82) is 0 Å². The number of amides is 1. The topological polar surface area (TPSA) is 78.8 Å². The van der Waals surface area contributed by atoms with E-state index in [2.05, 4.69) is 39.2 Å². The van der Waals surface area contributed by atoms with E-state index in [1.807, 2.05) is 17.6 Å². The molecule has 1 amide bonds. The number of fused-ring (bicyclic) bond motifs is 1. The lowest BCUT2D eigenvalue weighted by atomic mass is 10.3. The lowest BCUT2D eigenvalue weighted by Crippen LogP contribution is -2.25. The van der Waals surface area contributed by atoms with Crippen LogP contribution < -0.4 is 10.2 Å². The summed E-state index contributed by atoms with van der Waals surface area (Å²) in [6.07, 6.45) is 0.636. The van der Waals surface area contributed by atoms with Gasteiger partial charge in [0.1, 0.15) is 10.7 Å². The third-order valence-corrected chi connectivity index (χ3v) is 6.66. The summed E-state index contributed by atoms with van der Waals surface area (Å²) in [7, 11) is 0. The van der Waals surface area contributed by atoms with Crippen LogP contribution in [0.15, 0.2) is 6.07 Å². The fourth-order valence-electron chi connectivity index (χ4n) is 2.71. The molecule has 0 aromatic carbocycles. The fourth-order valence-corrected chi connectivity index (χ4v) is 5.24. The Balaban J connectivity index is 1.62. The Hall–Kier alpha value is -1.78. The van der Waals surface area contributed by atoms with Gasteiger partial charge in [-0.25, -0.2) is 4.98 Å². The maximum Gasteiger partial charge on any atom is 0.261 e. The number of nitrogens with zero attached hydrogens (tertiary/aromatic N) is 4. The molecule has 3 rings (SSSR count). The van der Waals surface area contributed by atoms with Crippen molar-refractivity contribution in [1.82, 2.24) is 25.1 Å². The molecule has 0 bridgehead atoms. The molecule has 0 saturated carbocycles. The Kier molecular flexibility index (Phi) is 6.05. The van der Waals surface area contributed by atoms with Gasteiger partial charge in [0.05, 0.1) is 9.58 Å². The highest BCUT2D eigenvalue weighted by molar-refractivity contribution is 7.71. The van der Waals surface area contributed by atoms with Crippen LogP contribution in [-0.2, 0) is 13.0 Å². The third kappa shape index (κ3) is 3.81. The van der Waals surface area contributed by atoms with Gasteiger partial charge in [-0.3, -0.25) is 9.89 Å². The van der Waals surface area contributed by atoms with Gasteiger partial charge in [-0.1, -0.05) is 11.3 Å². The minimum Gasteiger partial charge on any atom is -0.351 e. The monoisotopic (exact) mass is 410 g/mol. The standard InChI is InChI=1S/C16H22N6OS3/c1-4-21(5-2)16-18-14-11(26-16)9-10(25-14)13(23)17-8-7-12-19-20-15(24)22(12)6-3/h9H,4-8H2,1-3H3,(H,17,23)(H,20,24). The highest BCUT2D eigenvalue weighted by Crippen LogP contribution is 2.34. The molecule has 7 nitrogen and oxygen atoms in total. The van der Waals surface area contributed by atoms with E-state index in [-0.39, 0.29) is 5.91 Å². The second kappa shape index (κ2) is 8.28. The highest BCUT2D eigenvalue weighted by Gasteiger charge is 2.16. The Morgan fingerprint density at radius 1 is 1.35 bits per heavy atom. The fraction of sp³-hybridized carbons (Fsp3) is 0.500. The van der Waals surface area contributed by atoms with E-state index in [1.54, 1.807) is 11.3 Å². The van der Waals surface area contributed by atoms with E-state index < -0.39 is 0 Å². The molecule has 3 aromatic heterocycles. The number of aromatic amines is 1. The maximum absolute atomic E-state index is 12.4. The number of H-pyrrole nitrogens is 1. The molecule has 0 unspecified atom stereocenters. The van der Waals surface area contributed by atoms with Crippen LogP contribution in [0.2, 0.25) is 0 Å². The number of thiazole rings is 1. The summed E-state index contributed by atoms with van der Waals surface area (Å²) in [4.78, 5) is 20.9. The van der Waals surface area contributed by atoms with Gasteiger partial charge in [0, 0.05) is 32.6 Å². The summed E-state index contributed by atoms with van der Waals surface area (Å²) in [5.74, 6) is 0.789. The minimum absolute atomic E-state index is 0.0678. The first-order valence-corrected chi connectivity index (χ1v) is 10.7. The molecule has 2 N–H and O–H groups in total. The minimum atomic E-state index is -0.0678. The number of aromatic nitrogens is 4. The summed E-state index contributed by atoms with van der Waals surface area (Å²) in [6.45, 7) is 9.40. The number of anilines is 1. The average molecular weight is 411 g/mol.